The maximum absolute atomic E-state index is 12.7. The zero-order valence-corrected chi connectivity index (χ0v) is 17.4. The number of carbonyl (C=O) groups excluding carboxylic acids is 2. The second-order valence-electron chi connectivity index (χ2n) is 6.58. The Morgan fingerprint density at radius 1 is 1.18 bits per heavy atom. The topological polar surface area (TPSA) is 95.6 Å². The first-order valence-corrected chi connectivity index (χ1v) is 11.0. The van der Waals surface area contributed by atoms with Crippen LogP contribution in [0, 0.1) is 6.92 Å². The zero-order chi connectivity index (χ0) is 20.5. The van der Waals surface area contributed by atoms with Crippen molar-refractivity contribution in [3.63, 3.8) is 0 Å². The van der Waals surface area contributed by atoms with Crippen LogP contribution in [-0.2, 0) is 14.8 Å². The molecule has 0 aromatic heterocycles. The summed E-state index contributed by atoms with van der Waals surface area (Å²) in [5.74, 6) is 0.228. The second kappa shape index (κ2) is 7.94. The van der Waals surface area contributed by atoms with E-state index in [4.69, 9.17) is 0 Å². The van der Waals surface area contributed by atoms with Gasteiger partial charge in [-0.3, -0.25) is 9.59 Å². The van der Waals surface area contributed by atoms with Crippen molar-refractivity contribution in [2.45, 2.75) is 23.1 Å². The van der Waals surface area contributed by atoms with Crippen molar-refractivity contribution in [1.82, 2.24) is 4.31 Å². The highest BCUT2D eigenvalue weighted by atomic mass is 32.2. The summed E-state index contributed by atoms with van der Waals surface area (Å²) in [6.07, 6.45) is 0.424. The summed E-state index contributed by atoms with van der Waals surface area (Å²) < 4.78 is 25.8. The second-order valence-corrected chi connectivity index (χ2v) is 9.86. The normalized spacial score (nSPS) is 14.2. The van der Waals surface area contributed by atoms with Crippen molar-refractivity contribution in [3.8, 4) is 0 Å². The van der Waals surface area contributed by atoms with E-state index in [0.29, 0.717) is 29.1 Å². The maximum Gasteiger partial charge on any atom is 0.255 e. The van der Waals surface area contributed by atoms with Gasteiger partial charge in [0.25, 0.3) is 5.91 Å². The molecule has 0 saturated carbocycles. The van der Waals surface area contributed by atoms with E-state index in [1.165, 1.54) is 26.2 Å². The lowest BCUT2D eigenvalue weighted by atomic mass is 10.1. The number of carbonyl (C=O) groups is 2. The quantitative estimate of drug-likeness (QED) is 0.794. The molecule has 2 amide bonds. The monoisotopic (exact) mass is 419 g/mol. The Morgan fingerprint density at radius 3 is 2.64 bits per heavy atom. The lowest BCUT2D eigenvalue weighted by Crippen LogP contribution is -2.22. The molecule has 1 heterocycles. The van der Waals surface area contributed by atoms with Crippen LogP contribution in [-0.4, -0.2) is 44.4 Å². The molecule has 28 heavy (non-hydrogen) atoms. The molecule has 1 aliphatic heterocycles. The highest BCUT2D eigenvalue weighted by Crippen LogP contribution is 2.32. The third-order valence-electron chi connectivity index (χ3n) is 4.34. The summed E-state index contributed by atoms with van der Waals surface area (Å²) in [6, 6.07) is 9.74. The van der Waals surface area contributed by atoms with E-state index in [0.717, 1.165) is 14.8 Å². The van der Waals surface area contributed by atoms with Crippen molar-refractivity contribution in [3.05, 3.63) is 47.5 Å². The first kappa shape index (κ1) is 20.4. The maximum atomic E-state index is 12.7. The molecule has 2 N–H and O–H groups in total. The summed E-state index contributed by atoms with van der Waals surface area (Å²) in [6.45, 7) is 1.79. The fourth-order valence-corrected chi connectivity index (χ4v) is 4.53. The van der Waals surface area contributed by atoms with Gasteiger partial charge in [0.15, 0.2) is 0 Å². The van der Waals surface area contributed by atoms with Crippen molar-refractivity contribution in [2.75, 3.05) is 30.5 Å². The average Bonchev–Trinajstić information content (AvgIpc) is 2.82. The number of hydrogen-bond acceptors (Lipinski definition) is 5. The third kappa shape index (κ3) is 4.21. The van der Waals surface area contributed by atoms with Crippen LogP contribution in [0.2, 0.25) is 0 Å². The summed E-state index contributed by atoms with van der Waals surface area (Å²) in [4.78, 5) is 25.5. The first-order chi connectivity index (χ1) is 13.2. The zero-order valence-electron chi connectivity index (χ0n) is 15.8. The molecule has 2 aromatic carbocycles. The molecule has 0 spiro atoms. The molecule has 2 aromatic rings. The van der Waals surface area contributed by atoms with Gasteiger partial charge in [0.1, 0.15) is 0 Å². The van der Waals surface area contributed by atoms with Crippen LogP contribution >= 0.6 is 11.8 Å². The van der Waals surface area contributed by atoms with E-state index in [1.54, 1.807) is 43.0 Å². The number of amides is 2. The number of anilines is 2. The molecule has 0 radical (unpaired) electrons. The Balaban J connectivity index is 1.89. The standard InChI is InChI=1S/C19H21N3O4S2/c1-12-4-6-14(28(25,26)22(2)3)11-15(12)21-19(24)13-5-7-17-16(10-13)20-18(23)8-9-27-17/h4-7,10-11H,8-9H2,1-3H3,(H,20,23)(H,21,24). The number of sulfonamides is 1. The van der Waals surface area contributed by atoms with Gasteiger partial charge in [-0.2, -0.15) is 0 Å². The summed E-state index contributed by atoms with van der Waals surface area (Å²) in [5.41, 5.74) is 2.15. The Kier molecular flexibility index (Phi) is 5.78. The lowest BCUT2D eigenvalue weighted by molar-refractivity contribution is -0.115. The predicted octanol–water partition coefficient (Wildman–Crippen LogP) is 2.93. The molecule has 0 saturated heterocycles. The highest BCUT2D eigenvalue weighted by Gasteiger charge is 2.20. The largest absolute Gasteiger partial charge is 0.325 e. The third-order valence-corrected chi connectivity index (χ3v) is 7.22. The minimum atomic E-state index is -3.61. The van der Waals surface area contributed by atoms with Gasteiger partial charge in [0.2, 0.25) is 15.9 Å². The van der Waals surface area contributed by atoms with Crippen LogP contribution in [0.25, 0.3) is 0 Å². The highest BCUT2D eigenvalue weighted by molar-refractivity contribution is 7.99. The fourth-order valence-electron chi connectivity index (χ4n) is 2.66. The van der Waals surface area contributed by atoms with Crippen LogP contribution in [0.1, 0.15) is 22.3 Å². The number of benzene rings is 2. The van der Waals surface area contributed by atoms with E-state index in [-0.39, 0.29) is 16.7 Å². The van der Waals surface area contributed by atoms with Crippen LogP contribution in [0.4, 0.5) is 11.4 Å². The number of thioether (sulfide) groups is 1. The number of nitrogens with one attached hydrogen (secondary N) is 2. The fraction of sp³-hybridized carbons (Fsp3) is 0.263. The number of nitrogens with zero attached hydrogens (tertiary/aromatic N) is 1. The van der Waals surface area contributed by atoms with Gasteiger partial charge in [-0.15, -0.1) is 11.8 Å². The minimum absolute atomic E-state index is 0.0822. The van der Waals surface area contributed by atoms with E-state index >= 15 is 0 Å². The first-order valence-electron chi connectivity index (χ1n) is 8.60. The summed E-state index contributed by atoms with van der Waals surface area (Å²) >= 11 is 1.56. The molecule has 1 aliphatic rings. The van der Waals surface area contributed by atoms with Gasteiger partial charge in [0.05, 0.1) is 10.6 Å². The molecule has 7 nitrogen and oxygen atoms in total. The predicted molar refractivity (Wildman–Crippen MR) is 110 cm³/mol. The van der Waals surface area contributed by atoms with E-state index < -0.39 is 10.0 Å². The molecular formula is C19H21N3O4S2. The molecule has 148 valence electrons. The van der Waals surface area contributed by atoms with Crippen molar-refractivity contribution < 1.29 is 18.0 Å². The number of hydrogen-bond donors (Lipinski definition) is 2. The SMILES string of the molecule is Cc1ccc(S(=O)(=O)N(C)C)cc1NC(=O)c1ccc2c(c1)NC(=O)CCS2. The van der Waals surface area contributed by atoms with E-state index in [2.05, 4.69) is 10.6 Å². The van der Waals surface area contributed by atoms with Crippen LogP contribution in [0.3, 0.4) is 0 Å². The van der Waals surface area contributed by atoms with Crippen LogP contribution in [0.5, 0.6) is 0 Å². The molecule has 0 bridgehead atoms. The molecule has 0 atom stereocenters. The number of fused-ring (bicyclic) bond motifs is 1. The molecule has 0 aliphatic carbocycles. The van der Waals surface area contributed by atoms with Crippen molar-refractivity contribution in [2.24, 2.45) is 0 Å². The van der Waals surface area contributed by atoms with Gasteiger partial charge >= 0.3 is 0 Å². The Labute approximate surface area is 168 Å². The van der Waals surface area contributed by atoms with Crippen molar-refractivity contribution in [1.29, 1.82) is 0 Å². The lowest BCUT2D eigenvalue weighted by Gasteiger charge is -2.15. The van der Waals surface area contributed by atoms with Gasteiger partial charge < -0.3 is 10.6 Å². The van der Waals surface area contributed by atoms with E-state index in [9.17, 15) is 18.0 Å². The Morgan fingerprint density at radius 2 is 1.93 bits per heavy atom. The van der Waals surface area contributed by atoms with Crippen LogP contribution < -0.4 is 10.6 Å². The van der Waals surface area contributed by atoms with Gasteiger partial charge in [-0.1, -0.05) is 6.07 Å². The van der Waals surface area contributed by atoms with Crippen molar-refractivity contribution >= 4 is 45.0 Å². The molecule has 3 rings (SSSR count). The minimum Gasteiger partial charge on any atom is -0.325 e. The Hall–Kier alpha value is -2.36. The van der Waals surface area contributed by atoms with Crippen LogP contribution in [0.15, 0.2) is 46.2 Å². The number of aryl methyl sites for hydroxylation is 1. The molecule has 0 fully saturated rings. The molecule has 9 heteroatoms. The van der Waals surface area contributed by atoms with E-state index in [1.807, 2.05) is 0 Å². The smallest absolute Gasteiger partial charge is 0.255 e. The Bertz CT molecular complexity index is 1050. The number of rotatable bonds is 4. The molecule has 0 unspecified atom stereocenters. The van der Waals surface area contributed by atoms with Gasteiger partial charge in [-0.25, -0.2) is 12.7 Å². The molecular weight excluding hydrogens is 398 g/mol. The summed E-state index contributed by atoms with van der Waals surface area (Å²) in [5, 5.41) is 5.58. The summed E-state index contributed by atoms with van der Waals surface area (Å²) in [7, 11) is -0.699. The van der Waals surface area contributed by atoms with Gasteiger partial charge in [-0.05, 0) is 42.8 Å². The average molecular weight is 420 g/mol. The van der Waals surface area contributed by atoms with Gasteiger partial charge in [0, 0.05) is 42.4 Å².